The zero-order valence-corrected chi connectivity index (χ0v) is 14.0. The van der Waals surface area contributed by atoms with Crippen LogP contribution in [-0.4, -0.2) is 36.1 Å². The summed E-state index contributed by atoms with van der Waals surface area (Å²) in [4.78, 5) is 41.9. The van der Waals surface area contributed by atoms with E-state index in [4.69, 9.17) is 0 Å². The van der Waals surface area contributed by atoms with Crippen molar-refractivity contribution in [3.05, 3.63) is 58.4 Å². The number of ether oxygens (including phenoxy) is 2. The predicted molar refractivity (Wildman–Crippen MR) is 90.8 cm³/mol. The van der Waals surface area contributed by atoms with E-state index in [2.05, 4.69) is 24.8 Å². The molecule has 0 aliphatic rings. The van der Waals surface area contributed by atoms with E-state index in [1.807, 2.05) is 13.0 Å². The summed E-state index contributed by atoms with van der Waals surface area (Å²) in [5, 5.41) is 2.65. The van der Waals surface area contributed by atoms with Crippen LogP contribution in [0.5, 0.6) is 0 Å². The average Bonchev–Trinajstić information content (AvgIpc) is 2.62. The van der Waals surface area contributed by atoms with Crippen LogP contribution < -0.4 is 10.9 Å². The number of rotatable bonds is 5. The van der Waals surface area contributed by atoms with Crippen molar-refractivity contribution in [3.8, 4) is 11.1 Å². The fraction of sp³-hybridized carbons (Fsp3) is 0.176. The van der Waals surface area contributed by atoms with E-state index in [9.17, 15) is 14.4 Å². The molecule has 8 nitrogen and oxygen atoms in total. The molecule has 0 fully saturated rings. The topological polar surface area (TPSA) is 110 Å². The molecular weight excluding hydrogens is 326 g/mol. The van der Waals surface area contributed by atoms with E-state index >= 15 is 0 Å². The first-order valence-corrected chi connectivity index (χ1v) is 7.25. The smallest absolute Gasteiger partial charge is 0.346 e. The van der Waals surface area contributed by atoms with Crippen molar-refractivity contribution in [2.45, 2.75) is 6.92 Å². The summed E-state index contributed by atoms with van der Waals surface area (Å²) in [5.41, 5.74) is 1.79. The molecule has 2 heterocycles. The Labute approximate surface area is 143 Å². The van der Waals surface area contributed by atoms with Gasteiger partial charge in [-0.3, -0.25) is 9.78 Å². The third kappa shape index (κ3) is 4.31. The van der Waals surface area contributed by atoms with Gasteiger partial charge in [-0.25, -0.2) is 9.59 Å². The highest BCUT2D eigenvalue weighted by molar-refractivity contribution is 6.14. The molecular formula is C17H17N3O5. The van der Waals surface area contributed by atoms with Crippen LogP contribution in [0.25, 0.3) is 11.1 Å². The van der Waals surface area contributed by atoms with Gasteiger partial charge in [0.2, 0.25) is 0 Å². The fourth-order valence-corrected chi connectivity index (χ4v) is 2.05. The van der Waals surface area contributed by atoms with Gasteiger partial charge in [0.05, 0.1) is 14.2 Å². The molecule has 8 heteroatoms. The first-order valence-electron chi connectivity index (χ1n) is 7.25. The van der Waals surface area contributed by atoms with Gasteiger partial charge in [0, 0.05) is 29.9 Å². The van der Waals surface area contributed by atoms with Gasteiger partial charge in [-0.2, -0.15) is 0 Å². The molecule has 0 aliphatic carbocycles. The number of pyridine rings is 2. The Balaban J connectivity index is 2.37. The highest BCUT2D eigenvalue weighted by Crippen LogP contribution is 2.20. The molecule has 130 valence electrons. The lowest BCUT2D eigenvalue weighted by Crippen LogP contribution is -2.18. The Morgan fingerprint density at radius 3 is 2.44 bits per heavy atom. The summed E-state index contributed by atoms with van der Waals surface area (Å²) in [6, 6.07) is 5.26. The molecule has 0 unspecified atom stereocenters. The molecule has 0 saturated carbocycles. The summed E-state index contributed by atoms with van der Waals surface area (Å²) >= 11 is 0. The van der Waals surface area contributed by atoms with Gasteiger partial charge < -0.3 is 19.8 Å². The number of hydrogen-bond donors (Lipinski definition) is 2. The van der Waals surface area contributed by atoms with Crippen molar-refractivity contribution < 1.29 is 19.1 Å². The lowest BCUT2D eigenvalue weighted by molar-refractivity contribution is -0.144. The number of esters is 2. The van der Waals surface area contributed by atoms with Crippen molar-refractivity contribution in [2.75, 3.05) is 19.5 Å². The second kappa shape index (κ2) is 7.91. The van der Waals surface area contributed by atoms with Crippen molar-refractivity contribution in [1.82, 2.24) is 9.97 Å². The third-order valence-electron chi connectivity index (χ3n) is 3.32. The third-order valence-corrected chi connectivity index (χ3v) is 3.32. The fourth-order valence-electron chi connectivity index (χ4n) is 2.05. The van der Waals surface area contributed by atoms with E-state index in [1.54, 1.807) is 24.5 Å². The molecule has 0 atom stereocenters. The zero-order valence-electron chi connectivity index (χ0n) is 14.0. The Kier molecular flexibility index (Phi) is 5.67. The maximum Gasteiger partial charge on any atom is 0.346 e. The number of carbonyl (C=O) groups excluding carboxylic acids is 2. The second-order valence-corrected chi connectivity index (χ2v) is 5.00. The van der Waals surface area contributed by atoms with Gasteiger partial charge in [-0.05, 0) is 30.7 Å². The molecule has 2 aromatic heterocycles. The summed E-state index contributed by atoms with van der Waals surface area (Å²) in [7, 11) is 2.27. The number of nitrogens with zero attached hydrogens (tertiary/aromatic N) is 1. The van der Waals surface area contributed by atoms with Crippen molar-refractivity contribution in [1.29, 1.82) is 0 Å². The monoisotopic (exact) mass is 343 g/mol. The second-order valence-electron chi connectivity index (χ2n) is 5.00. The van der Waals surface area contributed by atoms with Crippen LogP contribution in [0.15, 0.2) is 47.2 Å². The molecule has 2 rings (SSSR count). The summed E-state index contributed by atoms with van der Waals surface area (Å²) in [5.74, 6) is -1.76. The van der Waals surface area contributed by atoms with Crippen LogP contribution in [0, 0.1) is 6.92 Å². The van der Waals surface area contributed by atoms with Crippen molar-refractivity contribution >= 4 is 17.6 Å². The minimum Gasteiger partial charge on any atom is -0.465 e. The zero-order chi connectivity index (χ0) is 18.4. The van der Waals surface area contributed by atoms with Crippen LogP contribution in [0.4, 0.5) is 5.69 Å². The first kappa shape index (κ1) is 17.9. The summed E-state index contributed by atoms with van der Waals surface area (Å²) < 4.78 is 9.04. The molecule has 0 spiro atoms. The Bertz CT molecular complexity index is 868. The lowest BCUT2D eigenvalue weighted by atomic mass is 10.1. The molecule has 0 amide bonds. The van der Waals surface area contributed by atoms with Crippen LogP contribution in [0.3, 0.4) is 0 Å². The maximum absolute atomic E-state index is 12.0. The van der Waals surface area contributed by atoms with Gasteiger partial charge >= 0.3 is 11.9 Å². The number of nitrogens with one attached hydrogen (secondary N) is 2. The number of carbonyl (C=O) groups is 2. The number of aromatic nitrogens is 2. The Morgan fingerprint density at radius 1 is 1.16 bits per heavy atom. The minimum atomic E-state index is -0.878. The lowest BCUT2D eigenvalue weighted by Gasteiger charge is -2.07. The first-order chi connectivity index (χ1) is 12.0. The normalized spacial score (nSPS) is 9.88. The number of aryl methyl sites for hydroxylation is 1. The van der Waals surface area contributed by atoms with Crippen LogP contribution in [0.1, 0.15) is 5.69 Å². The number of anilines is 1. The Hall–Kier alpha value is -3.42. The Morgan fingerprint density at radius 2 is 1.84 bits per heavy atom. The molecule has 2 N–H and O–H groups in total. The standard InChI is InChI=1S/C17H17N3O5/c1-10-6-11(4-5-18-10)12-7-14(15(21)20-8-12)19-9-13(16(22)24-2)17(23)25-3/h4-9,19H,1-3H3,(H,20,21). The van der Waals surface area contributed by atoms with Gasteiger partial charge in [-0.1, -0.05) is 0 Å². The number of methoxy groups -OCH3 is 2. The molecule has 2 aromatic rings. The quantitative estimate of drug-likeness (QED) is 0.365. The van der Waals surface area contributed by atoms with Crippen LogP contribution >= 0.6 is 0 Å². The van der Waals surface area contributed by atoms with E-state index in [1.165, 1.54) is 0 Å². The van der Waals surface area contributed by atoms with Crippen LogP contribution in [0.2, 0.25) is 0 Å². The predicted octanol–water partition coefficient (Wildman–Crippen LogP) is 1.39. The molecule has 0 radical (unpaired) electrons. The van der Waals surface area contributed by atoms with Gasteiger partial charge in [0.1, 0.15) is 5.69 Å². The molecule has 0 aromatic carbocycles. The van der Waals surface area contributed by atoms with Crippen molar-refractivity contribution in [2.24, 2.45) is 0 Å². The van der Waals surface area contributed by atoms with E-state index in [-0.39, 0.29) is 11.3 Å². The number of H-pyrrole nitrogens is 1. The van der Waals surface area contributed by atoms with E-state index in [0.717, 1.165) is 37.2 Å². The number of hydrogen-bond acceptors (Lipinski definition) is 7. The average molecular weight is 343 g/mol. The van der Waals surface area contributed by atoms with E-state index in [0.29, 0.717) is 0 Å². The van der Waals surface area contributed by atoms with E-state index < -0.39 is 17.5 Å². The summed E-state index contributed by atoms with van der Waals surface area (Å²) in [6.07, 6.45) is 4.30. The molecule has 0 bridgehead atoms. The van der Waals surface area contributed by atoms with Crippen molar-refractivity contribution in [3.63, 3.8) is 0 Å². The number of aromatic amines is 1. The van der Waals surface area contributed by atoms with Gasteiger partial charge in [-0.15, -0.1) is 0 Å². The van der Waals surface area contributed by atoms with Crippen LogP contribution in [-0.2, 0) is 19.1 Å². The van der Waals surface area contributed by atoms with Gasteiger partial charge in [0.25, 0.3) is 5.56 Å². The maximum atomic E-state index is 12.0. The molecule has 25 heavy (non-hydrogen) atoms. The molecule has 0 saturated heterocycles. The molecule has 0 aliphatic heterocycles. The SMILES string of the molecule is COC(=O)C(=CNc1cc(-c2ccnc(C)c2)c[nH]c1=O)C(=O)OC. The minimum absolute atomic E-state index is 0.150. The highest BCUT2D eigenvalue weighted by Gasteiger charge is 2.19. The highest BCUT2D eigenvalue weighted by atomic mass is 16.5. The largest absolute Gasteiger partial charge is 0.465 e. The summed E-state index contributed by atoms with van der Waals surface area (Å²) in [6.45, 7) is 1.86. The van der Waals surface area contributed by atoms with Gasteiger partial charge in [0.15, 0.2) is 5.57 Å².